The first-order chi connectivity index (χ1) is 14.5. The third-order valence-electron chi connectivity index (χ3n) is 7.34. The molecule has 2 aliphatic heterocycles. The van der Waals surface area contributed by atoms with E-state index in [2.05, 4.69) is 4.90 Å². The van der Waals surface area contributed by atoms with E-state index in [0.29, 0.717) is 25.4 Å². The maximum Gasteiger partial charge on any atom is 0.236 e. The van der Waals surface area contributed by atoms with E-state index < -0.39 is 5.60 Å². The predicted molar refractivity (Wildman–Crippen MR) is 116 cm³/mol. The number of benzene rings is 1. The molecule has 1 amide bonds. The number of fused-ring (bicyclic) bond motifs is 1. The number of piperidine rings is 2. The monoisotopic (exact) mass is 416 g/mol. The Labute approximate surface area is 179 Å². The Balaban J connectivity index is 1.63. The van der Waals surface area contributed by atoms with Crippen molar-refractivity contribution in [3.05, 3.63) is 23.8 Å². The quantitative estimate of drug-likeness (QED) is 0.769. The minimum atomic E-state index is -0.669. The molecule has 1 aromatic carbocycles. The fourth-order valence-corrected chi connectivity index (χ4v) is 5.77. The molecule has 4 rings (SSSR count). The molecule has 0 bridgehead atoms. The van der Waals surface area contributed by atoms with Gasteiger partial charge in [0.2, 0.25) is 5.91 Å². The summed E-state index contributed by atoms with van der Waals surface area (Å²) in [6, 6.07) is 5.47. The number of carbonyl (C=O) groups excluding carboxylic acids is 1. The van der Waals surface area contributed by atoms with Crippen LogP contribution in [0, 0.1) is 5.92 Å². The van der Waals surface area contributed by atoms with Gasteiger partial charge in [0.25, 0.3) is 0 Å². The predicted octanol–water partition coefficient (Wildman–Crippen LogP) is 3.47. The number of aromatic hydroxyl groups is 1. The maximum absolute atomic E-state index is 13.1. The second-order valence-electron chi connectivity index (χ2n) is 9.22. The Morgan fingerprint density at radius 1 is 1.13 bits per heavy atom. The van der Waals surface area contributed by atoms with E-state index in [1.807, 2.05) is 24.0 Å². The number of ether oxygens (including phenoxy) is 1. The van der Waals surface area contributed by atoms with Gasteiger partial charge in [-0.2, -0.15) is 0 Å². The van der Waals surface area contributed by atoms with Crippen LogP contribution in [0.2, 0.25) is 0 Å². The van der Waals surface area contributed by atoms with Crippen molar-refractivity contribution in [1.29, 1.82) is 0 Å². The number of hydrogen-bond donors (Lipinski definition) is 2. The number of phenols is 1. The third kappa shape index (κ3) is 4.30. The topological polar surface area (TPSA) is 73.2 Å². The lowest BCUT2D eigenvalue weighted by atomic mass is 9.66. The number of aliphatic hydroxyl groups is 1. The molecule has 1 saturated carbocycles. The van der Waals surface area contributed by atoms with Crippen molar-refractivity contribution < 1.29 is 19.7 Å². The third-order valence-corrected chi connectivity index (χ3v) is 7.34. The van der Waals surface area contributed by atoms with Crippen LogP contribution >= 0.6 is 0 Å². The average Bonchev–Trinajstić information content (AvgIpc) is 2.76. The van der Waals surface area contributed by atoms with Crippen LogP contribution < -0.4 is 4.74 Å². The molecule has 3 fully saturated rings. The van der Waals surface area contributed by atoms with Gasteiger partial charge in [-0.1, -0.05) is 18.9 Å². The van der Waals surface area contributed by atoms with Gasteiger partial charge in [-0.3, -0.25) is 9.69 Å². The van der Waals surface area contributed by atoms with E-state index in [9.17, 15) is 15.0 Å². The average molecular weight is 417 g/mol. The molecule has 2 N–H and O–H groups in total. The Morgan fingerprint density at radius 2 is 1.93 bits per heavy atom. The molecular weight excluding hydrogens is 380 g/mol. The van der Waals surface area contributed by atoms with Crippen molar-refractivity contribution in [2.45, 2.75) is 69.9 Å². The zero-order valence-corrected chi connectivity index (χ0v) is 18.2. The molecule has 6 heteroatoms. The molecule has 2 saturated heterocycles. The molecule has 166 valence electrons. The fourth-order valence-electron chi connectivity index (χ4n) is 5.77. The second kappa shape index (κ2) is 9.15. The van der Waals surface area contributed by atoms with Crippen LogP contribution in [-0.2, 0) is 4.79 Å². The molecule has 30 heavy (non-hydrogen) atoms. The van der Waals surface area contributed by atoms with Crippen LogP contribution in [0.15, 0.2) is 18.2 Å². The molecular formula is C24H36N2O4. The summed E-state index contributed by atoms with van der Waals surface area (Å²) in [7, 11) is 0. The Hall–Kier alpha value is -1.79. The number of hydrogen-bond acceptors (Lipinski definition) is 5. The minimum Gasteiger partial charge on any atom is -0.504 e. The van der Waals surface area contributed by atoms with Gasteiger partial charge in [0, 0.05) is 31.6 Å². The van der Waals surface area contributed by atoms with Crippen LogP contribution in [0.5, 0.6) is 11.5 Å². The van der Waals surface area contributed by atoms with Gasteiger partial charge in [-0.25, -0.2) is 0 Å². The van der Waals surface area contributed by atoms with Gasteiger partial charge in [0.15, 0.2) is 11.5 Å². The van der Waals surface area contributed by atoms with E-state index >= 15 is 0 Å². The lowest BCUT2D eigenvalue weighted by Crippen LogP contribution is -2.56. The van der Waals surface area contributed by atoms with Gasteiger partial charge in [0.1, 0.15) is 0 Å². The summed E-state index contributed by atoms with van der Waals surface area (Å²) in [5.41, 5.74) is 0.352. The number of rotatable bonds is 5. The van der Waals surface area contributed by atoms with Crippen molar-refractivity contribution in [2.24, 2.45) is 5.92 Å². The first-order valence-electron chi connectivity index (χ1n) is 11.7. The van der Waals surface area contributed by atoms with E-state index in [1.165, 1.54) is 6.42 Å². The Kier molecular flexibility index (Phi) is 6.54. The highest BCUT2D eigenvalue weighted by molar-refractivity contribution is 5.78. The number of likely N-dealkylation sites (tertiary alicyclic amines) is 2. The standard InChI is InChI=1S/C24H36N2O4/c1-2-30-21-16-18(9-10-20(21)27)23-19-8-4-5-11-24(19,29)12-15-26(23)17-22(28)25-13-6-3-7-14-25/h9-10,16,19,23,27,29H,2-8,11-15,17H2,1H3/t19-,23-,24-/m0/s1. The summed E-state index contributed by atoms with van der Waals surface area (Å²) in [6.07, 6.45) is 8.07. The van der Waals surface area contributed by atoms with E-state index in [4.69, 9.17) is 4.74 Å². The lowest BCUT2D eigenvalue weighted by Gasteiger charge is -2.52. The normalized spacial score (nSPS) is 30.0. The highest BCUT2D eigenvalue weighted by atomic mass is 16.5. The van der Waals surface area contributed by atoms with Crippen LogP contribution in [0.4, 0.5) is 0 Å². The molecule has 1 aromatic rings. The van der Waals surface area contributed by atoms with Crippen molar-refractivity contribution in [1.82, 2.24) is 9.80 Å². The molecule has 0 radical (unpaired) electrons. The highest BCUT2D eigenvalue weighted by Gasteiger charge is 2.49. The van der Waals surface area contributed by atoms with Crippen molar-refractivity contribution in [3.8, 4) is 11.5 Å². The van der Waals surface area contributed by atoms with Gasteiger partial charge in [-0.05, 0) is 63.1 Å². The summed E-state index contributed by atoms with van der Waals surface area (Å²) < 4.78 is 5.63. The van der Waals surface area contributed by atoms with Crippen molar-refractivity contribution in [2.75, 3.05) is 32.8 Å². The molecule has 0 unspecified atom stereocenters. The van der Waals surface area contributed by atoms with Crippen LogP contribution in [-0.4, -0.2) is 64.3 Å². The molecule has 0 spiro atoms. The smallest absolute Gasteiger partial charge is 0.236 e. The van der Waals surface area contributed by atoms with Crippen molar-refractivity contribution >= 4 is 5.91 Å². The second-order valence-corrected chi connectivity index (χ2v) is 9.22. The maximum atomic E-state index is 13.1. The highest BCUT2D eigenvalue weighted by Crippen LogP contribution is 2.50. The van der Waals surface area contributed by atoms with Crippen molar-refractivity contribution in [3.63, 3.8) is 0 Å². The first-order valence-corrected chi connectivity index (χ1v) is 11.7. The zero-order chi connectivity index (χ0) is 21.1. The van der Waals surface area contributed by atoms with E-state index in [0.717, 1.165) is 63.6 Å². The van der Waals surface area contributed by atoms with Crippen LogP contribution in [0.25, 0.3) is 0 Å². The summed E-state index contributed by atoms with van der Waals surface area (Å²) in [4.78, 5) is 17.3. The van der Waals surface area contributed by atoms with Gasteiger partial charge in [0.05, 0.1) is 18.8 Å². The van der Waals surface area contributed by atoms with Crippen LogP contribution in [0.3, 0.4) is 0 Å². The minimum absolute atomic E-state index is 0.0439. The Bertz CT molecular complexity index is 749. The number of nitrogens with zero attached hydrogens (tertiary/aromatic N) is 2. The number of carbonyl (C=O) groups is 1. The van der Waals surface area contributed by atoms with Crippen LogP contribution in [0.1, 0.15) is 69.9 Å². The SMILES string of the molecule is CCOc1cc([C@H]2[C@@H]3CCCC[C@]3(O)CCN2CC(=O)N2CCCCC2)ccc1O. The summed E-state index contributed by atoms with van der Waals surface area (Å²) in [6.45, 7) is 5.20. The van der Waals surface area contributed by atoms with Gasteiger partial charge in [-0.15, -0.1) is 0 Å². The molecule has 3 atom stereocenters. The summed E-state index contributed by atoms with van der Waals surface area (Å²) in [5, 5.41) is 21.6. The van der Waals surface area contributed by atoms with Gasteiger partial charge < -0.3 is 19.8 Å². The molecule has 0 aromatic heterocycles. The largest absolute Gasteiger partial charge is 0.504 e. The summed E-state index contributed by atoms with van der Waals surface area (Å²) in [5.74, 6) is 0.895. The Morgan fingerprint density at radius 3 is 2.70 bits per heavy atom. The molecule has 6 nitrogen and oxygen atoms in total. The van der Waals surface area contributed by atoms with E-state index in [-0.39, 0.29) is 23.6 Å². The first kappa shape index (κ1) is 21.4. The van der Waals surface area contributed by atoms with E-state index in [1.54, 1.807) is 6.07 Å². The zero-order valence-electron chi connectivity index (χ0n) is 18.2. The number of phenolic OH excluding ortho intramolecular Hbond substituents is 1. The molecule has 2 heterocycles. The lowest BCUT2D eigenvalue weighted by molar-refractivity contribution is -0.145. The molecule has 3 aliphatic rings. The number of amides is 1. The summed E-state index contributed by atoms with van der Waals surface area (Å²) >= 11 is 0. The molecule has 1 aliphatic carbocycles. The fraction of sp³-hybridized carbons (Fsp3) is 0.708. The van der Waals surface area contributed by atoms with Gasteiger partial charge >= 0.3 is 0 Å².